The number of benzene rings is 2. The second kappa shape index (κ2) is 8.34. The Hall–Kier alpha value is -3.68. The van der Waals surface area contributed by atoms with E-state index in [4.69, 9.17) is 4.74 Å². The summed E-state index contributed by atoms with van der Waals surface area (Å²) in [4.78, 5) is 51.4. The highest BCUT2D eigenvalue weighted by atomic mass is 16.6. The summed E-state index contributed by atoms with van der Waals surface area (Å²) in [7, 11) is 1.14. The number of hydrogen-bond acceptors (Lipinski definition) is 6. The number of urea groups is 1. The third-order valence-electron chi connectivity index (χ3n) is 4.25. The fraction of sp³-hybridized carbons (Fsp3) is 0.200. The van der Waals surface area contributed by atoms with Crippen molar-refractivity contribution in [2.24, 2.45) is 0 Å². The lowest BCUT2D eigenvalue weighted by Gasteiger charge is -2.19. The topological polar surface area (TPSA) is 93.2 Å². The van der Waals surface area contributed by atoms with Gasteiger partial charge in [0.15, 0.2) is 6.04 Å². The van der Waals surface area contributed by atoms with Crippen LogP contribution in [-0.2, 0) is 20.9 Å². The molecule has 0 spiro atoms. The number of rotatable bonds is 4. The van der Waals surface area contributed by atoms with E-state index >= 15 is 0 Å². The smallest absolute Gasteiger partial charge is 0.419 e. The van der Waals surface area contributed by atoms with Crippen molar-refractivity contribution in [3.8, 4) is 0 Å². The molecule has 1 fully saturated rings. The standard InChI is InChI=1S/C20H18N2O6/c1-27-18(24)16-12-21(17(23)15-10-6-3-7-11-15)19(25)22(16)20(26)28-13-14-8-4-2-5-9-14/h2-11,16H,12-13H2,1H3/t16-/m0/s1. The highest BCUT2D eigenvalue weighted by molar-refractivity contribution is 6.10. The van der Waals surface area contributed by atoms with Gasteiger partial charge < -0.3 is 9.47 Å². The Morgan fingerprint density at radius 1 is 1.00 bits per heavy atom. The number of methoxy groups -OCH3 is 1. The van der Waals surface area contributed by atoms with E-state index in [-0.39, 0.29) is 18.7 Å². The zero-order valence-corrected chi connectivity index (χ0v) is 15.1. The fourth-order valence-corrected chi connectivity index (χ4v) is 2.81. The lowest BCUT2D eigenvalue weighted by molar-refractivity contribution is -0.144. The summed E-state index contributed by atoms with van der Waals surface area (Å²) in [6.07, 6.45) is -1.02. The monoisotopic (exact) mass is 382 g/mol. The summed E-state index contributed by atoms with van der Waals surface area (Å²) in [6.45, 7) is -0.385. The van der Waals surface area contributed by atoms with Crippen LogP contribution in [0.4, 0.5) is 9.59 Å². The molecule has 2 aromatic rings. The number of imide groups is 2. The van der Waals surface area contributed by atoms with E-state index in [9.17, 15) is 19.2 Å². The molecule has 0 aliphatic carbocycles. The van der Waals surface area contributed by atoms with E-state index in [1.165, 1.54) is 0 Å². The van der Waals surface area contributed by atoms with Gasteiger partial charge in [0.05, 0.1) is 13.7 Å². The van der Waals surface area contributed by atoms with Crippen LogP contribution >= 0.6 is 0 Å². The van der Waals surface area contributed by atoms with E-state index in [1.807, 2.05) is 6.07 Å². The fourth-order valence-electron chi connectivity index (χ4n) is 2.81. The number of esters is 1. The molecule has 0 N–H and O–H groups in total. The average molecular weight is 382 g/mol. The molecule has 1 aliphatic rings. The van der Waals surface area contributed by atoms with Crippen LogP contribution in [0.25, 0.3) is 0 Å². The third-order valence-corrected chi connectivity index (χ3v) is 4.25. The van der Waals surface area contributed by atoms with Gasteiger partial charge in [-0.25, -0.2) is 19.3 Å². The van der Waals surface area contributed by atoms with Gasteiger partial charge in [-0.1, -0.05) is 48.5 Å². The molecular weight excluding hydrogens is 364 g/mol. The van der Waals surface area contributed by atoms with Crippen molar-refractivity contribution in [3.63, 3.8) is 0 Å². The predicted molar refractivity (Wildman–Crippen MR) is 97.1 cm³/mol. The zero-order chi connectivity index (χ0) is 20.1. The van der Waals surface area contributed by atoms with E-state index in [0.717, 1.165) is 12.0 Å². The van der Waals surface area contributed by atoms with Crippen LogP contribution in [0.2, 0.25) is 0 Å². The summed E-state index contributed by atoms with van der Waals surface area (Å²) < 4.78 is 9.84. The molecule has 0 radical (unpaired) electrons. The van der Waals surface area contributed by atoms with Crippen molar-refractivity contribution in [3.05, 3.63) is 71.8 Å². The van der Waals surface area contributed by atoms with Crippen LogP contribution in [0.3, 0.4) is 0 Å². The first-order valence-electron chi connectivity index (χ1n) is 8.51. The Balaban J connectivity index is 1.79. The Morgan fingerprint density at radius 3 is 2.21 bits per heavy atom. The molecule has 8 nitrogen and oxygen atoms in total. The summed E-state index contributed by atoms with van der Waals surface area (Å²) in [5.74, 6) is -1.42. The van der Waals surface area contributed by atoms with Crippen molar-refractivity contribution in [2.75, 3.05) is 13.7 Å². The highest BCUT2D eigenvalue weighted by Gasteiger charge is 2.49. The summed E-state index contributed by atoms with van der Waals surface area (Å²) in [5, 5.41) is 0. The largest absolute Gasteiger partial charge is 0.467 e. The van der Waals surface area contributed by atoms with Crippen molar-refractivity contribution >= 4 is 24.0 Å². The first kappa shape index (κ1) is 19.1. The van der Waals surface area contributed by atoms with Crippen LogP contribution in [-0.4, -0.2) is 53.5 Å². The van der Waals surface area contributed by atoms with Gasteiger partial charge in [-0.2, -0.15) is 0 Å². The Morgan fingerprint density at radius 2 is 1.61 bits per heavy atom. The number of hydrogen-bond donors (Lipinski definition) is 0. The Bertz CT molecular complexity index is 884. The molecule has 28 heavy (non-hydrogen) atoms. The number of carbonyl (C=O) groups is 4. The first-order chi connectivity index (χ1) is 13.5. The first-order valence-corrected chi connectivity index (χ1v) is 8.51. The van der Waals surface area contributed by atoms with Crippen LogP contribution < -0.4 is 0 Å². The van der Waals surface area contributed by atoms with Crippen LogP contribution in [0, 0.1) is 0 Å². The minimum atomic E-state index is -1.27. The van der Waals surface area contributed by atoms with Gasteiger partial charge in [-0.15, -0.1) is 0 Å². The normalized spacial score (nSPS) is 16.0. The van der Waals surface area contributed by atoms with E-state index in [1.54, 1.807) is 54.6 Å². The minimum absolute atomic E-state index is 0.0794. The van der Waals surface area contributed by atoms with Crippen molar-refractivity contribution in [1.29, 1.82) is 0 Å². The number of ether oxygens (including phenoxy) is 2. The van der Waals surface area contributed by atoms with Gasteiger partial charge in [0.2, 0.25) is 0 Å². The maximum atomic E-state index is 12.7. The van der Waals surface area contributed by atoms with Crippen LogP contribution in [0.1, 0.15) is 15.9 Å². The lowest BCUT2D eigenvalue weighted by atomic mass is 10.2. The van der Waals surface area contributed by atoms with Crippen molar-refractivity contribution < 1.29 is 28.7 Å². The summed E-state index contributed by atoms with van der Waals surface area (Å²) in [6, 6.07) is 14.8. The molecule has 0 saturated carbocycles. The Kier molecular flexibility index (Phi) is 5.69. The molecule has 0 bridgehead atoms. The molecule has 1 aliphatic heterocycles. The van der Waals surface area contributed by atoms with E-state index < -0.39 is 30.0 Å². The van der Waals surface area contributed by atoms with Gasteiger partial charge in [-0.05, 0) is 17.7 Å². The van der Waals surface area contributed by atoms with Gasteiger partial charge in [0, 0.05) is 5.56 Å². The molecule has 144 valence electrons. The average Bonchev–Trinajstić information content (AvgIpc) is 3.09. The molecular formula is C20H18N2O6. The lowest BCUT2D eigenvalue weighted by Crippen LogP contribution is -2.44. The second-order valence-electron chi connectivity index (χ2n) is 6.01. The van der Waals surface area contributed by atoms with Gasteiger partial charge in [-0.3, -0.25) is 9.69 Å². The quantitative estimate of drug-likeness (QED) is 0.754. The molecule has 4 amide bonds. The summed E-state index contributed by atoms with van der Waals surface area (Å²) in [5.41, 5.74) is 0.980. The minimum Gasteiger partial charge on any atom is -0.467 e. The molecule has 0 unspecified atom stereocenters. The zero-order valence-electron chi connectivity index (χ0n) is 15.1. The summed E-state index contributed by atoms with van der Waals surface area (Å²) >= 11 is 0. The van der Waals surface area contributed by atoms with Crippen LogP contribution in [0.15, 0.2) is 60.7 Å². The highest BCUT2D eigenvalue weighted by Crippen LogP contribution is 2.21. The molecule has 1 heterocycles. The van der Waals surface area contributed by atoms with E-state index in [2.05, 4.69) is 4.74 Å². The Labute approximate surface area is 161 Å². The van der Waals surface area contributed by atoms with Crippen LogP contribution in [0.5, 0.6) is 0 Å². The predicted octanol–water partition coefficient (Wildman–Crippen LogP) is 2.44. The van der Waals surface area contributed by atoms with Crippen molar-refractivity contribution in [2.45, 2.75) is 12.6 Å². The number of carbonyl (C=O) groups excluding carboxylic acids is 4. The molecule has 8 heteroatoms. The molecule has 1 atom stereocenters. The van der Waals surface area contributed by atoms with Crippen molar-refractivity contribution in [1.82, 2.24) is 9.80 Å². The molecule has 0 aromatic heterocycles. The molecule has 3 rings (SSSR count). The number of amides is 4. The SMILES string of the molecule is COC(=O)[C@@H]1CN(C(=O)c2ccccc2)C(=O)N1C(=O)OCc1ccccc1. The van der Waals surface area contributed by atoms with Gasteiger partial charge in [0.25, 0.3) is 5.91 Å². The van der Waals surface area contributed by atoms with E-state index in [0.29, 0.717) is 10.5 Å². The van der Waals surface area contributed by atoms with Gasteiger partial charge in [0.1, 0.15) is 6.61 Å². The number of nitrogens with zero attached hydrogens (tertiary/aromatic N) is 2. The van der Waals surface area contributed by atoms with Gasteiger partial charge >= 0.3 is 18.1 Å². The molecule has 2 aromatic carbocycles. The maximum Gasteiger partial charge on any atom is 0.419 e. The third kappa shape index (κ3) is 3.85. The second-order valence-corrected chi connectivity index (χ2v) is 6.01. The molecule has 1 saturated heterocycles. The maximum absolute atomic E-state index is 12.7.